The maximum absolute atomic E-state index is 17.1. The lowest BCUT2D eigenvalue weighted by molar-refractivity contribution is 0.146. The molecule has 2 unspecified atom stereocenters. The Labute approximate surface area is 280 Å². The molecule has 9 nitrogen and oxygen atoms in total. The van der Waals surface area contributed by atoms with Crippen LogP contribution in [0, 0.1) is 34.8 Å². The number of ether oxygens (including phenoxy) is 3. The van der Waals surface area contributed by atoms with Gasteiger partial charge in [-0.05, 0) is 43.4 Å². The van der Waals surface area contributed by atoms with E-state index in [0.717, 1.165) is 23.8 Å². The number of nitrogens with one attached hydrogen (secondary N) is 1. The minimum atomic E-state index is -2.80. The third kappa shape index (κ3) is 5.82. The van der Waals surface area contributed by atoms with Crippen LogP contribution in [0.1, 0.15) is 24.8 Å². The van der Waals surface area contributed by atoms with Gasteiger partial charge in [0.25, 0.3) is 6.43 Å². The minimum absolute atomic E-state index is 0.00338. The molecule has 0 aliphatic carbocycles. The number of alkyl halides is 3. The second-order valence-electron chi connectivity index (χ2n) is 12.2. The van der Waals surface area contributed by atoms with Crippen LogP contribution in [0.4, 0.5) is 32.8 Å². The number of benzene rings is 2. The normalized spacial score (nSPS) is 22.9. The van der Waals surface area contributed by atoms with Crippen molar-refractivity contribution in [2.24, 2.45) is 11.8 Å². The summed E-state index contributed by atoms with van der Waals surface area (Å²) in [5.74, 6) is -2.37. The lowest BCUT2D eigenvalue weighted by Gasteiger charge is -2.36. The summed E-state index contributed by atoms with van der Waals surface area (Å²) in [5.41, 5.74) is 5.47. The van der Waals surface area contributed by atoms with E-state index in [1.807, 2.05) is 6.07 Å². The van der Waals surface area contributed by atoms with Gasteiger partial charge in [-0.1, -0.05) is 17.7 Å². The average Bonchev–Trinajstić information content (AvgIpc) is 3.64. The molecule has 3 N–H and O–H groups in total. The number of fused-ring (bicyclic) bond motifs is 2. The number of nitrogen functional groups attached to an aromatic ring is 1. The van der Waals surface area contributed by atoms with Crippen LogP contribution >= 0.6 is 22.9 Å². The van der Waals surface area contributed by atoms with E-state index in [4.69, 9.17) is 31.5 Å². The highest BCUT2D eigenvalue weighted by Crippen LogP contribution is 2.51. The lowest BCUT2D eigenvalue weighted by Crippen LogP contribution is -2.46. The molecule has 254 valence electrons. The zero-order valence-corrected chi connectivity index (χ0v) is 27.0. The molecule has 4 aromatic rings. The minimum Gasteiger partial charge on any atom is -0.491 e. The van der Waals surface area contributed by atoms with E-state index >= 15 is 4.39 Å². The number of nitrogens with zero attached hydrogens (tertiary/aromatic N) is 4. The quantitative estimate of drug-likeness (QED) is 0.217. The first-order chi connectivity index (χ1) is 23.2. The van der Waals surface area contributed by atoms with Crippen molar-refractivity contribution >= 4 is 54.7 Å². The van der Waals surface area contributed by atoms with Crippen LogP contribution in [0.25, 0.3) is 32.1 Å². The van der Waals surface area contributed by atoms with Gasteiger partial charge in [0.2, 0.25) is 0 Å². The average molecular weight is 709 g/mol. The van der Waals surface area contributed by atoms with Crippen molar-refractivity contribution in [3.8, 4) is 29.0 Å². The lowest BCUT2D eigenvalue weighted by atomic mass is 9.95. The van der Waals surface area contributed by atoms with Gasteiger partial charge in [-0.15, -0.1) is 11.3 Å². The molecular weight excluding hydrogens is 679 g/mol. The molecule has 2 aromatic heterocycles. The molecule has 2 aromatic carbocycles. The predicted octanol–water partition coefficient (Wildman–Crippen LogP) is 6.48. The number of aromatic nitrogens is 2. The summed E-state index contributed by atoms with van der Waals surface area (Å²) in [6.45, 7) is 0.437. The third-order valence-electron chi connectivity index (χ3n) is 9.12. The molecule has 0 radical (unpaired) electrons. The molecule has 2 saturated heterocycles. The summed E-state index contributed by atoms with van der Waals surface area (Å²) in [4.78, 5) is 10.3. The highest BCUT2D eigenvalue weighted by molar-refractivity contribution is 7.23. The van der Waals surface area contributed by atoms with Gasteiger partial charge in [0.1, 0.15) is 34.4 Å². The summed E-state index contributed by atoms with van der Waals surface area (Å²) >= 11 is 7.79. The Kier molecular flexibility index (Phi) is 9.10. The standard InChI is InChI=1S/C32H30ClF5N6O3S/c33-25-23(17-3-4-19(35)29-22(17)18(7-39)30(40)48-29)26(38)27-24-28(25)46-12-15-11-45-13-20(15)44(9-21(36)37)31(24)43-32(42-27)47-10-14-2-1-5-41-8-16(34)6-14/h3-4,14-16,20-21,41H,1-2,5-6,8-13,40H2/t14-,15?,16-,20?/m1/s1. The van der Waals surface area contributed by atoms with E-state index in [1.54, 1.807) is 0 Å². The van der Waals surface area contributed by atoms with E-state index in [2.05, 4.69) is 15.3 Å². The molecule has 16 heteroatoms. The summed E-state index contributed by atoms with van der Waals surface area (Å²) in [6.07, 6.45) is -2.22. The van der Waals surface area contributed by atoms with Crippen LogP contribution in [-0.4, -0.2) is 74.7 Å². The molecule has 0 amide bonds. The van der Waals surface area contributed by atoms with E-state index in [-0.39, 0.29) is 117 Å². The van der Waals surface area contributed by atoms with Crippen LogP contribution in [0.15, 0.2) is 12.1 Å². The van der Waals surface area contributed by atoms with Crippen molar-refractivity contribution in [3.63, 3.8) is 0 Å². The number of thiophene rings is 1. The molecular formula is C32H30ClF5N6O3S. The first-order valence-corrected chi connectivity index (χ1v) is 16.7. The van der Waals surface area contributed by atoms with Gasteiger partial charge in [0, 0.05) is 23.4 Å². The van der Waals surface area contributed by atoms with Crippen LogP contribution in [0.2, 0.25) is 5.02 Å². The van der Waals surface area contributed by atoms with E-state index < -0.39 is 36.8 Å². The van der Waals surface area contributed by atoms with Crippen LogP contribution in [0.3, 0.4) is 0 Å². The Morgan fingerprint density at radius 3 is 2.83 bits per heavy atom. The molecule has 4 atom stereocenters. The van der Waals surface area contributed by atoms with Crippen LogP contribution in [0.5, 0.6) is 11.8 Å². The summed E-state index contributed by atoms with van der Waals surface area (Å²) < 4.78 is 92.8. The number of hydrogen-bond acceptors (Lipinski definition) is 10. The predicted molar refractivity (Wildman–Crippen MR) is 172 cm³/mol. The van der Waals surface area contributed by atoms with E-state index in [0.29, 0.717) is 13.0 Å². The van der Waals surface area contributed by atoms with Crippen molar-refractivity contribution < 1.29 is 36.2 Å². The smallest absolute Gasteiger partial charge is 0.319 e. The van der Waals surface area contributed by atoms with Gasteiger partial charge < -0.3 is 30.2 Å². The molecule has 5 heterocycles. The Morgan fingerprint density at radius 2 is 2.04 bits per heavy atom. The second kappa shape index (κ2) is 13.3. The van der Waals surface area contributed by atoms with Crippen LogP contribution < -0.4 is 25.4 Å². The Morgan fingerprint density at radius 1 is 1.21 bits per heavy atom. The van der Waals surface area contributed by atoms with Gasteiger partial charge in [-0.3, -0.25) is 0 Å². The zero-order valence-electron chi connectivity index (χ0n) is 25.4. The van der Waals surface area contributed by atoms with E-state index in [1.165, 1.54) is 11.0 Å². The molecule has 0 saturated carbocycles. The fourth-order valence-corrected chi connectivity index (χ4v) is 8.16. The fourth-order valence-electron chi connectivity index (χ4n) is 6.88. The summed E-state index contributed by atoms with van der Waals surface area (Å²) in [5, 5.41) is 12.8. The van der Waals surface area contributed by atoms with Gasteiger partial charge in [0.15, 0.2) is 11.6 Å². The van der Waals surface area contributed by atoms with Crippen LogP contribution in [-0.2, 0) is 4.74 Å². The Balaban J connectivity index is 1.46. The molecule has 2 fully saturated rings. The first kappa shape index (κ1) is 32.8. The topological polar surface area (TPSA) is 119 Å². The number of anilines is 2. The van der Waals surface area contributed by atoms with Crippen molar-refractivity contribution in [2.75, 3.05) is 56.7 Å². The first-order valence-electron chi connectivity index (χ1n) is 15.5. The third-order valence-corrected chi connectivity index (χ3v) is 10.5. The largest absolute Gasteiger partial charge is 0.491 e. The molecule has 0 bridgehead atoms. The highest BCUT2D eigenvalue weighted by atomic mass is 35.5. The number of nitriles is 1. The number of hydrogen-bond donors (Lipinski definition) is 2. The molecule has 48 heavy (non-hydrogen) atoms. The van der Waals surface area contributed by atoms with Gasteiger partial charge in [-0.25, -0.2) is 22.0 Å². The molecule has 0 spiro atoms. The maximum Gasteiger partial charge on any atom is 0.319 e. The second-order valence-corrected chi connectivity index (χ2v) is 13.6. The monoisotopic (exact) mass is 708 g/mol. The van der Waals surface area contributed by atoms with Gasteiger partial charge in [-0.2, -0.15) is 15.2 Å². The van der Waals surface area contributed by atoms with Crippen molar-refractivity contribution in [1.29, 1.82) is 5.26 Å². The fraction of sp³-hybridized carbons (Fsp3) is 0.469. The Hall–Kier alpha value is -3.71. The van der Waals surface area contributed by atoms with Crippen molar-refractivity contribution in [2.45, 2.75) is 37.9 Å². The zero-order chi connectivity index (χ0) is 33.7. The van der Waals surface area contributed by atoms with Gasteiger partial charge in [0.05, 0.1) is 59.7 Å². The molecule has 7 rings (SSSR count). The summed E-state index contributed by atoms with van der Waals surface area (Å²) in [7, 11) is 0. The van der Waals surface area contributed by atoms with E-state index in [9.17, 15) is 22.8 Å². The number of halogens is 6. The van der Waals surface area contributed by atoms with Gasteiger partial charge >= 0.3 is 6.01 Å². The number of nitrogens with two attached hydrogens (primary N) is 1. The maximum atomic E-state index is 17.1. The SMILES string of the molecule is N#Cc1c(N)sc2c(F)ccc(-c3c(Cl)c4c5c(nc(OC[C@@H]6CCCNC[C@H](F)C6)nc5c3F)N(CC(F)F)C3COCC3CO4)c12. The summed E-state index contributed by atoms with van der Waals surface area (Å²) in [6, 6.07) is 3.48. The van der Waals surface area contributed by atoms with Crippen molar-refractivity contribution in [3.05, 3.63) is 34.4 Å². The van der Waals surface area contributed by atoms with Crippen molar-refractivity contribution in [1.82, 2.24) is 15.3 Å². The molecule has 3 aliphatic rings. The molecule has 3 aliphatic heterocycles. The highest BCUT2D eigenvalue weighted by Gasteiger charge is 2.41. The Bertz CT molecular complexity index is 1930. The number of rotatable bonds is 6.